The molecule has 0 amide bonds. The van der Waals surface area contributed by atoms with Crippen molar-refractivity contribution in [2.75, 3.05) is 13.7 Å². The Labute approximate surface area is 164 Å². The Hall–Kier alpha value is -1.76. The van der Waals surface area contributed by atoms with Gasteiger partial charge in [0.1, 0.15) is 12.2 Å². The first-order valence-electron chi connectivity index (χ1n) is 8.74. The van der Waals surface area contributed by atoms with Crippen LogP contribution in [0.5, 0.6) is 0 Å². The van der Waals surface area contributed by atoms with Gasteiger partial charge in [0, 0.05) is 18.6 Å². The van der Waals surface area contributed by atoms with Crippen molar-refractivity contribution in [2.45, 2.75) is 38.1 Å². The molecule has 1 aliphatic heterocycles. The Morgan fingerprint density at radius 1 is 1.15 bits per heavy atom. The van der Waals surface area contributed by atoms with Crippen LogP contribution in [-0.2, 0) is 16.0 Å². The Morgan fingerprint density at radius 3 is 2.44 bits per heavy atom. The minimum Gasteiger partial charge on any atom is -0.400 e. The van der Waals surface area contributed by atoms with Gasteiger partial charge in [-0.15, -0.1) is 0 Å². The molecule has 1 saturated heterocycles. The van der Waals surface area contributed by atoms with Gasteiger partial charge in [0.05, 0.1) is 12.7 Å². The van der Waals surface area contributed by atoms with E-state index < -0.39 is 30.7 Å². The second-order valence-corrected chi connectivity index (χ2v) is 6.87. The molecule has 0 spiro atoms. The molecule has 0 aromatic heterocycles. The number of rotatable bonds is 4. The molecule has 5 nitrogen and oxygen atoms in total. The van der Waals surface area contributed by atoms with E-state index in [1.807, 2.05) is 19.1 Å². The van der Waals surface area contributed by atoms with E-state index >= 15 is 0 Å². The largest absolute Gasteiger partial charge is 0.400 e. The van der Waals surface area contributed by atoms with E-state index in [4.69, 9.17) is 21.4 Å². The normalized spacial score (nSPS) is 22.1. The molecule has 1 aliphatic rings. The monoisotopic (exact) mass is 392 g/mol. The van der Waals surface area contributed by atoms with Crippen LogP contribution in [0.25, 0.3) is 0 Å². The van der Waals surface area contributed by atoms with Crippen molar-refractivity contribution in [1.82, 2.24) is 0 Å². The molecule has 3 N–H and O–H groups in total. The lowest BCUT2D eigenvalue weighted by Gasteiger charge is -2.31. The Morgan fingerprint density at radius 2 is 1.81 bits per heavy atom. The molecule has 27 heavy (non-hydrogen) atoms. The predicted octanol–water partition coefficient (Wildman–Crippen LogP) is 2.60. The number of ether oxygens (including phenoxy) is 1. The summed E-state index contributed by atoms with van der Waals surface area (Å²) in [6.07, 6.45) is -1.68. The van der Waals surface area contributed by atoms with Crippen LogP contribution >= 0.6 is 11.6 Å². The number of ketones is 1. The number of halogens is 1. The van der Waals surface area contributed by atoms with Crippen molar-refractivity contribution in [1.29, 1.82) is 0 Å². The molecule has 146 valence electrons. The molecule has 1 heterocycles. The van der Waals surface area contributed by atoms with Gasteiger partial charge in [-0.1, -0.05) is 53.6 Å². The maximum Gasteiger partial charge on any atom is 0.192 e. The number of hydrogen-bond donors (Lipinski definition) is 3. The van der Waals surface area contributed by atoms with Crippen LogP contribution < -0.4 is 0 Å². The number of aliphatic hydroxyl groups excluding tert-OH is 3. The second kappa shape index (κ2) is 9.97. The van der Waals surface area contributed by atoms with Crippen LogP contribution in [0.15, 0.2) is 42.5 Å². The molecule has 0 saturated carbocycles. The van der Waals surface area contributed by atoms with Gasteiger partial charge in [0.2, 0.25) is 0 Å². The smallest absolute Gasteiger partial charge is 0.192 e. The molecule has 1 fully saturated rings. The zero-order valence-electron chi connectivity index (χ0n) is 15.4. The van der Waals surface area contributed by atoms with Gasteiger partial charge in [-0.05, 0) is 36.1 Å². The van der Waals surface area contributed by atoms with Gasteiger partial charge in [-0.3, -0.25) is 4.79 Å². The van der Waals surface area contributed by atoms with E-state index in [1.165, 1.54) is 5.56 Å². The van der Waals surface area contributed by atoms with Gasteiger partial charge < -0.3 is 20.1 Å². The quantitative estimate of drug-likeness (QED) is 0.744. The van der Waals surface area contributed by atoms with E-state index in [1.54, 1.807) is 6.07 Å². The maximum absolute atomic E-state index is 11.8. The van der Waals surface area contributed by atoms with Gasteiger partial charge in [-0.2, -0.15) is 0 Å². The summed E-state index contributed by atoms with van der Waals surface area (Å²) in [6, 6.07) is 13.8. The topological polar surface area (TPSA) is 87.0 Å². The average molecular weight is 393 g/mol. The molecule has 0 radical (unpaired) electrons. The predicted molar refractivity (Wildman–Crippen MR) is 104 cm³/mol. The first kappa shape index (κ1) is 21.5. The van der Waals surface area contributed by atoms with Crippen molar-refractivity contribution in [3.63, 3.8) is 0 Å². The Kier molecular flexibility index (Phi) is 7.95. The third-order valence-electron chi connectivity index (χ3n) is 4.53. The first-order valence-corrected chi connectivity index (χ1v) is 9.12. The summed E-state index contributed by atoms with van der Waals surface area (Å²) in [6.45, 7) is 1.61. The third kappa shape index (κ3) is 5.37. The second-order valence-electron chi connectivity index (χ2n) is 6.46. The first-order chi connectivity index (χ1) is 13.0. The molecule has 2 aromatic rings. The standard InChI is InChI=1S/C20H21ClO4.CH4O/c1-12-2-4-13(5-3-12)8-15-9-14(6-7-16(15)21)18-10-17(23)20(24)19(11-22)25-18;1-2/h2-7,9,17-19,22-23H,8,10-11H2,1H3;2H,1H3. The number of hydrogen-bond acceptors (Lipinski definition) is 5. The average Bonchev–Trinajstić information content (AvgIpc) is 2.69. The number of carbonyl (C=O) groups is 1. The lowest BCUT2D eigenvalue weighted by molar-refractivity contribution is -0.161. The number of aliphatic hydroxyl groups is 3. The van der Waals surface area contributed by atoms with Gasteiger partial charge >= 0.3 is 0 Å². The Balaban J connectivity index is 0.00000126. The molecule has 0 aliphatic carbocycles. The fourth-order valence-corrected chi connectivity index (χ4v) is 3.24. The molecular weight excluding hydrogens is 368 g/mol. The van der Waals surface area contributed by atoms with E-state index in [0.29, 0.717) is 11.4 Å². The molecule has 0 bridgehead atoms. The highest BCUT2D eigenvalue weighted by Crippen LogP contribution is 2.32. The van der Waals surface area contributed by atoms with Crippen LogP contribution in [0.2, 0.25) is 5.02 Å². The summed E-state index contributed by atoms with van der Waals surface area (Å²) in [4.78, 5) is 11.8. The van der Waals surface area contributed by atoms with E-state index in [0.717, 1.165) is 23.8 Å². The summed E-state index contributed by atoms with van der Waals surface area (Å²) in [5.74, 6) is -0.465. The van der Waals surface area contributed by atoms with Crippen LogP contribution in [-0.4, -0.2) is 47.0 Å². The molecular formula is C21H25ClO5. The highest BCUT2D eigenvalue weighted by Gasteiger charge is 2.36. The molecule has 6 heteroatoms. The molecule has 3 unspecified atom stereocenters. The summed E-state index contributed by atoms with van der Waals surface area (Å²) < 4.78 is 5.66. The fraction of sp³-hybridized carbons (Fsp3) is 0.381. The highest BCUT2D eigenvalue weighted by atomic mass is 35.5. The van der Waals surface area contributed by atoms with E-state index in [-0.39, 0.29) is 6.42 Å². The third-order valence-corrected chi connectivity index (χ3v) is 4.90. The van der Waals surface area contributed by atoms with Crippen molar-refractivity contribution in [3.8, 4) is 0 Å². The summed E-state index contributed by atoms with van der Waals surface area (Å²) in [5, 5.41) is 26.9. The van der Waals surface area contributed by atoms with Crippen molar-refractivity contribution in [2.24, 2.45) is 0 Å². The van der Waals surface area contributed by atoms with Gasteiger partial charge in [0.25, 0.3) is 0 Å². The van der Waals surface area contributed by atoms with Crippen LogP contribution in [0.3, 0.4) is 0 Å². The van der Waals surface area contributed by atoms with E-state index in [2.05, 4.69) is 24.3 Å². The number of Topliss-reactive ketones (excluding diaryl/α,β-unsaturated/α-hetero) is 1. The highest BCUT2D eigenvalue weighted by molar-refractivity contribution is 6.31. The maximum atomic E-state index is 11.8. The minimum atomic E-state index is -1.12. The fourth-order valence-electron chi connectivity index (χ4n) is 3.06. The summed E-state index contributed by atoms with van der Waals surface area (Å²) in [7, 11) is 1.00. The Bertz CT molecular complexity index is 760. The molecule has 2 aromatic carbocycles. The summed E-state index contributed by atoms with van der Waals surface area (Å²) in [5.41, 5.74) is 4.15. The molecule has 3 rings (SSSR count). The van der Waals surface area contributed by atoms with Crippen LogP contribution in [0, 0.1) is 6.92 Å². The van der Waals surface area contributed by atoms with Crippen molar-refractivity contribution in [3.05, 3.63) is 69.7 Å². The van der Waals surface area contributed by atoms with Crippen LogP contribution in [0.1, 0.15) is 34.8 Å². The van der Waals surface area contributed by atoms with Crippen molar-refractivity contribution >= 4 is 17.4 Å². The SMILES string of the molecule is CO.Cc1ccc(Cc2cc(C3CC(O)C(=O)C(CO)O3)ccc2Cl)cc1. The number of benzene rings is 2. The zero-order chi connectivity index (χ0) is 20.0. The van der Waals surface area contributed by atoms with E-state index in [9.17, 15) is 15.0 Å². The van der Waals surface area contributed by atoms with Gasteiger partial charge in [-0.25, -0.2) is 0 Å². The van der Waals surface area contributed by atoms with Crippen LogP contribution in [0.4, 0.5) is 0 Å². The van der Waals surface area contributed by atoms with Crippen molar-refractivity contribution < 1.29 is 24.9 Å². The molecule has 3 atom stereocenters. The zero-order valence-corrected chi connectivity index (χ0v) is 16.2. The van der Waals surface area contributed by atoms with Gasteiger partial charge in [0.15, 0.2) is 5.78 Å². The lowest BCUT2D eigenvalue weighted by Crippen LogP contribution is -2.43. The number of aryl methyl sites for hydroxylation is 1. The minimum absolute atomic E-state index is 0.181. The number of carbonyl (C=O) groups excluding carboxylic acids is 1. The summed E-state index contributed by atoms with van der Waals surface area (Å²) >= 11 is 6.34. The lowest BCUT2D eigenvalue weighted by atomic mass is 9.93.